The van der Waals surface area contributed by atoms with Gasteiger partial charge in [-0.3, -0.25) is 4.79 Å². The number of thiazole rings is 1. The van der Waals surface area contributed by atoms with Gasteiger partial charge in [0.2, 0.25) is 4.96 Å². The first-order chi connectivity index (χ1) is 14.6. The van der Waals surface area contributed by atoms with Crippen molar-refractivity contribution in [2.75, 3.05) is 20.8 Å². The topological polar surface area (TPSA) is 75.0 Å². The van der Waals surface area contributed by atoms with Crippen LogP contribution in [0.1, 0.15) is 5.56 Å². The van der Waals surface area contributed by atoms with Gasteiger partial charge in [0, 0.05) is 5.56 Å². The Morgan fingerprint density at radius 3 is 2.53 bits per heavy atom. The van der Waals surface area contributed by atoms with Gasteiger partial charge in [0.25, 0.3) is 5.56 Å². The highest BCUT2D eigenvalue weighted by Crippen LogP contribution is 2.27. The predicted molar refractivity (Wildman–Crippen MR) is 117 cm³/mol. The maximum absolute atomic E-state index is 12.8. The van der Waals surface area contributed by atoms with E-state index in [0.717, 1.165) is 16.9 Å². The molecule has 2 aromatic carbocycles. The zero-order valence-corrected chi connectivity index (χ0v) is 17.3. The number of nitrogens with zero attached hydrogens (tertiary/aromatic N) is 3. The van der Waals surface area contributed by atoms with Crippen molar-refractivity contribution < 1.29 is 14.2 Å². The molecule has 0 fully saturated rings. The van der Waals surface area contributed by atoms with Crippen molar-refractivity contribution in [3.05, 3.63) is 75.6 Å². The zero-order chi connectivity index (χ0) is 21.1. The number of aromatic nitrogens is 3. The average molecular weight is 421 g/mol. The van der Waals surface area contributed by atoms with E-state index in [0.29, 0.717) is 33.4 Å². The molecule has 0 amide bonds. The summed E-state index contributed by atoms with van der Waals surface area (Å²) in [6, 6.07) is 12.9. The number of benzene rings is 2. The fraction of sp³-hybridized carbons (Fsp3) is 0.136. The smallest absolute Gasteiger partial charge is 0.291 e. The first kappa shape index (κ1) is 19.7. The lowest BCUT2D eigenvalue weighted by molar-refractivity contribution is 0.355. The molecule has 4 rings (SSSR count). The van der Waals surface area contributed by atoms with Crippen molar-refractivity contribution in [2.45, 2.75) is 0 Å². The molecule has 0 spiro atoms. The van der Waals surface area contributed by atoms with E-state index in [-0.39, 0.29) is 5.56 Å². The molecule has 0 unspecified atom stereocenters. The summed E-state index contributed by atoms with van der Waals surface area (Å²) in [5.41, 5.74) is 1.42. The Hall–Kier alpha value is -3.65. The molecule has 0 saturated carbocycles. The standard InChI is InChI=1S/C22H19N3O4S/c1-4-11-29-16-8-6-15(7-9-16)20-23-22-25(24-20)21(26)19(30-22)13-14-5-10-17(27-2)18(12-14)28-3/h4-10,12-13H,1,11H2,2-3H3/b19-13-. The Labute approximate surface area is 176 Å². The first-order valence-corrected chi connectivity index (χ1v) is 9.92. The first-order valence-electron chi connectivity index (χ1n) is 9.10. The summed E-state index contributed by atoms with van der Waals surface area (Å²) in [7, 11) is 3.15. The second-order valence-electron chi connectivity index (χ2n) is 6.28. The normalized spacial score (nSPS) is 11.6. The highest BCUT2D eigenvalue weighted by atomic mass is 32.1. The van der Waals surface area contributed by atoms with E-state index < -0.39 is 0 Å². The molecule has 2 aromatic heterocycles. The molecule has 152 valence electrons. The molecule has 0 bridgehead atoms. The Bertz CT molecular complexity index is 1310. The predicted octanol–water partition coefficient (Wildman–Crippen LogP) is 2.95. The van der Waals surface area contributed by atoms with Crippen molar-refractivity contribution in [2.24, 2.45) is 0 Å². The third kappa shape index (κ3) is 3.77. The molecule has 2 heterocycles. The molecule has 0 radical (unpaired) electrons. The Morgan fingerprint density at radius 1 is 1.10 bits per heavy atom. The molecule has 8 heteroatoms. The molecule has 0 atom stereocenters. The summed E-state index contributed by atoms with van der Waals surface area (Å²) in [6.07, 6.45) is 3.47. The molecule has 0 aliphatic heterocycles. The van der Waals surface area contributed by atoms with Crippen molar-refractivity contribution >= 4 is 22.4 Å². The number of hydrogen-bond donors (Lipinski definition) is 0. The van der Waals surface area contributed by atoms with Crippen molar-refractivity contribution in [3.8, 4) is 28.6 Å². The van der Waals surface area contributed by atoms with Crippen LogP contribution in [0.3, 0.4) is 0 Å². The van der Waals surface area contributed by atoms with Gasteiger partial charge < -0.3 is 14.2 Å². The van der Waals surface area contributed by atoms with Crippen LogP contribution in [0.25, 0.3) is 22.4 Å². The molecular weight excluding hydrogens is 402 g/mol. The second-order valence-corrected chi connectivity index (χ2v) is 7.29. The lowest BCUT2D eigenvalue weighted by Crippen LogP contribution is -2.23. The fourth-order valence-electron chi connectivity index (χ4n) is 2.91. The van der Waals surface area contributed by atoms with Gasteiger partial charge in [0.15, 0.2) is 17.3 Å². The molecule has 30 heavy (non-hydrogen) atoms. The largest absolute Gasteiger partial charge is 0.493 e. The highest BCUT2D eigenvalue weighted by Gasteiger charge is 2.12. The number of ether oxygens (including phenoxy) is 3. The third-order valence-corrected chi connectivity index (χ3v) is 5.33. The van der Waals surface area contributed by atoms with Crippen LogP contribution in [-0.2, 0) is 0 Å². The quantitative estimate of drug-likeness (QED) is 0.427. The van der Waals surface area contributed by atoms with Crippen LogP contribution in [0.2, 0.25) is 0 Å². The van der Waals surface area contributed by atoms with Gasteiger partial charge in [-0.15, -0.1) is 5.10 Å². The van der Waals surface area contributed by atoms with Crippen LogP contribution in [-0.4, -0.2) is 35.4 Å². The van der Waals surface area contributed by atoms with Crippen molar-refractivity contribution in [1.82, 2.24) is 14.6 Å². The van der Waals surface area contributed by atoms with Crippen LogP contribution in [0, 0.1) is 0 Å². The van der Waals surface area contributed by atoms with Crippen molar-refractivity contribution in [3.63, 3.8) is 0 Å². The van der Waals surface area contributed by atoms with E-state index >= 15 is 0 Å². The van der Waals surface area contributed by atoms with Crippen LogP contribution in [0.5, 0.6) is 17.2 Å². The lowest BCUT2D eigenvalue weighted by atomic mass is 10.2. The van der Waals surface area contributed by atoms with Crippen LogP contribution >= 0.6 is 11.3 Å². The van der Waals surface area contributed by atoms with E-state index in [2.05, 4.69) is 16.7 Å². The maximum Gasteiger partial charge on any atom is 0.291 e. The fourth-order valence-corrected chi connectivity index (χ4v) is 3.81. The third-order valence-electron chi connectivity index (χ3n) is 4.37. The molecule has 0 aliphatic carbocycles. The highest BCUT2D eigenvalue weighted by molar-refractivity contribution is 7.15. The zero-order valence-electron chi connectivity index (χ0n) is 16.5. The Morgan fingerprint density at radius 2 is 1.87 bits per heavy atom. The van der Waals surface area contributed by atoms with Crippen LogP contribution in [0.4, 0.5) is 0 Å². The Kier molecular flexibility index (Phi) is 5.49. The van der Waals surface area contributed by atoms with E-state index in [1.807, 2.05) is 36.4 Å². The summed E-state index contributed by atoms with van der Waals surface area (Å²) in [5.74, 6) is 2.45. The summed E-state index contributed by atoms with van der Waals surface area (Å²) in [4.78, 5) is 17.8. The summed E-state index contributed by atoms with van der Waals surface area (Å²) in [6.45, 7) is 4.07. The van der Waals surface area contributed by atoms with Gasteiger partial charge in [0.05, 0.1) is 18.8 Å². The van der Waals surface area contributed by atoms with Crippen LogP contribution < -0.4 is 24.3 Å². The number of rotatable bonds is 7. The summed E-state index contributed by atoms with van der Waals surface area (Å²) in [5, 5.41) is 4.38. The minimum absolute atomic E-state index is 0.213. The van der Waals surface area contributed by atoms with E-state index in [9.17, 15) is 4.79 Å². The van der Waals surface area contributed by atoms with E-state index in [4.69, 9.17) is 14.2 Å². The maximum atomic E-state index is 12.8. The second kappa shape index (κ2) is 8.38. The van der Waals surface area contributed by atoms with Gasteiger partial charge in [0.1, 0.15) is 12.4 Å². The minimum atomic E-state index is -0.213. The number of methoxy groups -OCH3 is 2. The van der Waals surface area contributed by atoms with Gasteiger partial charge in [-0.1, -0.05) is 30.1 Å². The van der Waals surface area contributed by atoms with Crippen LogP contribution in [0.15, 0.2) is 59.9 Å². The average Bonchev–Trinajstić information content (AvgIpc) is 3.32. The molecule has 0 aliphatic rings. The summed E-state index contributed by atoms with van der Waals surface area (Å²) >= 11 is 1.29. The molecule has 0 N–H and O–H groups in total. The number of fused-ring (bicyclic) bond motifs is 1. The lowest BCUT2D eigenvalue weighted by Gasteiger charge is -2.07. The van der Waals surface area contributed by atoms with E-state index in [1.54, 1.807) is 32.4 Å². The summed E-state index contributed by atoms with van der Waals surface area (Å²) < 4.78 is 17.9. The monoisotopic (exact) mass is 421 g/mol. The van der Waals surface area contributed by atoms with Gasteiger partial charge >= 0.3 is 0 Å². The SMILES string of the molecule is C=CCOc1ccc(-c2nc3s/c(=C\c4ccc(OC)c(OC)c4)c(=O)n3n2)cc1. The minimum Gasteiger partial charge on any atom is -0.493 e. The molecule has 0 saturated heterocycles. The van der Waals surface area contributed by atoms with Crippen molar-refractivity contribution in [1.29, 1.82) is 0 Å². The Balaban J connectivity index is 1.66. The molecular formula is C22H19N3O4S. The molecule has 7 nitrogen and oxygen atoms in total. The molecule has 4 aromatic rings. The van der Waals surface area contributed by atoms with Gasteiger partial charge in [-0.2, -0.15) is 9.50 Å². The van der Waals surface area contributed by atoms with E-state index in [1.165, 1.54) is 15.9 Å². The van der Waals surface area contributed by atoms with Gasteiger partial charge in [-0.25, -0.2) is 0 Å². The number of hydrogen-bond acceptors (Lipinski definition) is 7. The van der Waals surface area contributed by atoms with Gasteiger partial charge in [-0.05, 0) is 48.0 Å².